The van der Waals surface area contributed by atoms with Crippen LogP contribution >= 0.6 is 0 Å². The first-order valence-corrected chi connectivity index (χ1v) is 11.1. The molecule has 1 atom stereocenters. The van der Waals surface area contributed by atoms with Crippen LogP contribution in [0.15, 0.2) is 81.3 Å². The van der Waals surface area contributed by atoms with Crippen LogP contribution in [0.3, 0.4) is 0 Å². The summed E-state index contributed by atoms with van der Waals surface area (Å²) in [5.41, 5.74) is 6.41. The predicted octanol–water partition coefficient (Wildman–Crippen LogP) is 3.69. The van der Waals surface area contributed by atoms with Gasteiger partial charge in [-0.25, -0.2) is 17.8 Å². The molecule has 1 heterocycles. The molecule has 0 aliphatic heterocycles. The van der Waals surface area contributed by atoms with Crippen molar-refractivity contribution in [2.45, 2.75) is 29.7 Å². The summed E-state index contributed by atoms with van der Waals surface area (Å²) in [6, 6.07) is 15.8. The van der Waals surface area contributed by atoms with Gasteiger partial charge in [0.2, 0.25) is 9.84 Å². The van der Waals surface area contributed by atoms with Crippen LogP contribution < -0.4 is 11.3 Å². The van der Waals surface area contributed by atoms with Crippen LogP contribution in [0.1, 0.15) is 24.4 Å². The third kappa shape index (κ3) is 3.54. The number of fused-ring (bicyclic) bond motifs is 1. The van der Waals surface area contributed by atoms with Gasteiger partial charge in [-0.3, -0.25) is 9.36 Å². The summed E-state index contributed by atoms with van der Waals surface area (Å²) in [5, 5.41) is -0.0700. The number of hydrogen-bond acceptors (Lipinski definition) is 5. The number of nitrogens with zero attached hydrogens (tertiary/aromatic N) is 2. The zero-order valence-electron chi connectivity index (χ0n) is 16.9. The lowest BCUT2D eigenvalue weighted by molar-refractivity contribution is 0.596. The molecule has 4 rings (SSSR count). The van der Waals surface area contributed by atoms with E-state index in [1.165, 1.54) is 41.0 Å². The van der Waals surface area contributed by atoms with E-state index in [0.29, 0.717) is 5.56 Å². The lowest BCUT2D eigenvalue weighted by atomic mass is 10.2. The van der Waals surface area contributed by atoms with Gasteiger partial charge in [0.1, 0.15) is 11.6 Å². The molecule has 0 aliphatic rings. The van der Waals surface area contributed by atoms with E-state index >= 15 is 0 Å². The molecule has 0 spiro atoms. The predicted molar refractivity (Wildman–Crippen MR) is 117 cm³/mol. The number of sulfone groups is 1. The Labute approximate surface area is 178 Å². The van der Waals surface area contributed by atoms with Gasteiger partial charge in [-0.1, -0.05) is 30.3 Å². The fraction of sp³-hybridized carbons (Fsp3) is 0.130. The number of nitrogens with two attached hydrogens (primary N) is 1. The van der Waals surface area contributed by atoms with Crippen LogP contribution in [0.2, 0.25) is 0 Å². The highest BCUT2D eigenvalue weighted by Crippen LogP contribution is 2.28. The van der Waals surface area contributed by atoms with E-state index in [-0.39, 0.29) is 32.2 Å². The van der Waals surface area contributed by atoms with Crippen molar-refractivity contribution in [1.29, 1.82) is 0 Å². The minimum Gasteiger partial charge on any atom is -0.322 e. The number of rotatable bonds is 4. The summed E-state index contributed by atoms with van der Waals surface area (Å²) in [6.45, 7) is 3.34. The van der Waals surface area contributed by atoms with Gasteiger partial charge < -0.3 is 5.73 Å². The maximum Gasteiger partial charge on any atom is 0.267 e. The molecule has 0 saturated carbocycles. The summed E-state index contributed by atoms with van der Waals surface area (Å²) in [5.74, 6) is -0.338. The molecule has 1 aromatic heterocycles. The molecule has 0 unspecified atom stereocenters. The maximum absolute atomic E-state index is 13.9. The number of aryl methyl sites for hydroxylation is 1. The number of hydrogen-bond donors (Lipinski definition) is 1. The van der Waals surface area contributed by atoms with Gasteiger partial charge in [0.05, 0.1) is 32.4 Å². The standard InChI is InChI=1S/C23H20FN3O3S/c1-14-7-3-4-11-19(14)31(29,30)20-12-6-10-18-21(20)23(28)27(22(26-18)15(2)25)17-9-5-8-16(24)13-17/h3-13,15H,25H2,1-2H3/t15-/m0/s1. The van der Waals surface area contributed by atoms with E-state index < -0.39 is 27.3 Å². The largest absolute Gasteiger partial charge is 0.322 e. The zero-order chi connectivity index (χ0) is 22.3. The van der Waals surface area contributed by atoms with Crippen LogP contribution in [0.5, 0.6) is 0 Å². The van der Waals surface area contributed by atoms with E-state index in [4.69, 9.17) is 5.73 Å². The molecule has 4 aromatic rings. The molecule has 2 N–H and O–H groups in total. The van der Waals surface area contributed by atoms with Crippen molar-refractivity contribution in [3.05, 3.63) is 94.3 Å². The van der Waals surface area contributed by atoms with Crippen LogP contribution in [0.4, 0.5) is 4.39 Å². The average Bonchev–Trinajstić information content (AvgIpc) is 2.73. The van der Waals surface area contributed by atoms with Crippen LogP contribution in [0.25, 0.3) is 16.6 Å². The Kier molecular flexibility index (Phi) is 5.20. The monoisotopic (exact) mass is 437 g/mol. The van der Waals surface area contributed by atoms with Gasteiger partial charge in [-0.05, 0) is 55.8 Å². The van der Waals surface area contributed by atoms with Gasteiger partial charge in [-0.15, -0.1) is 0 Å². The normalized spacial score (nSPS) is 12.8. The SMILES string of the molecule is Cc1ccccc1S(=O)(=O)c1cccc2nc([C@H](C)N)n(-c3cccc(F)c3)c(=O)c12. The molecular formula is C23H20FN3O3S. The Morgan fingerprint density at radius 1 is 1.00 bits per heavy atom. The Hall–Kier alpha value is -3.36. The van der Waals surface area contributed by atoms with Crippen LogP contribution in [-0.2, 0) is 9.84 Å². The fourth-order valence-corrected chi connectivity index (χ4v) is 5.29. The molecule has 0 bridgehead atoms. The van der Waals surface area contributed by atoms with E-state index in [9.17, 15) is 17.6 Å². The molecule has 8 heteroatoms. The van der Waals surface area contributed by atoms with Gasteiger partial charge in [0.15, 0.2) is 0 Å². The zero-order valence-corrected chi connectivity index (χ0v) is 17.7. The molecule has 0 fully saturated rings. The molecule has 0 aliphatic carbocycles. The first kappa shape index (κ1) is 20.9. The quantitative estimate of drug-likeness (QED) is 0.525. The maximum atomic E-state index is 13.9. The first-order valence-electron chi connectivity index (χ1n) is 9.59. The van der Waals surface area contributed by atoms with Crippen molar-refractivity contribution in [3.8, 4) is 5.69 Å². The summed E-state index contributed by atoms with van der Waals surface area (Å²) < 4.78 is 42.0. The Balaban J connectivity index is 2.13. The second kappa shape index (κ2) is 7.72. The minimum atomic E-state index is -4.02. The summed E-state index contributed by atoms with van der Waals surface area (Å²) >= 11 is 0. The molecule has 3 aromatic carbocycles. The lowest BCUT2D eigenvalue weighted by Crippen LogP contribution is -2.28. The van der Waals surface area contributed by atoms with Gasteiger partial charge in [-0.2, -0.15) is 0 Å². The van der Waals surface area contributed by atoms with Crippen molar-refractivity contribution in [1.82, 2.24) is 9.55 Å². The Bertz CT molecular complexity index is 1480. The van der Waals surface area contributed by atoms with Crippen molar-refractivity contribution >= 4 is 20.7 Å². The van der Waals surface area contributed by atoms with E-state index in [1.807, 2.05) is 0 Å². The smallest absolute Gasteiger partial charge is 0.267 e. The molecule has 0 radical (unpaired) electrons. The highest BCUT2D eigenvalue weighted by molar-refractivity contribution is 7.91. The third-order valence-electron chi connectivity index (χ3n) is 5.03. The topological polar surface area (TPSA) is 95.0 Å². The van der Waals surface area contributed by atoms with Crippen molar-refractivity contribution in [3.63, 3.8) is 0 Å². The summed E-state index contributed by atoms with van der Waals surface area (Å²) in [7, 11) is -4.02. The van der Waals surface area contributed by atoms with E-state index in [1.54, 1.807) is 44.2 Å². The fourth-order valence-electron chi connectivity index (χ4n) is 3.59. The summed E-state index contributed by atoms with van der Waals surface area (Å²) in [4.78, 5) is 18.1. The molecule has 0 amide bonds. The Morgan fingerprint density at radius 3 is 2.35 bits per heavy atom. The third-order valence-corrected chi connectivity index (χ3v) is 6.99. The van der Waals surface area contributed by atoms with Crippen LogP contribution in [-0.4, -0.2) is 18.0 Å². The lowest BCUT2D eigenvalue weighted by Gasteiger charge is -2.17. The van der Waals surface area contributed by atoms with Crippen molar-refractivity contribution in [2.24, 2.45) is 5.73 Å². The highest BCUT2D eigenvalue weighted by Gasteiger charge is 2.26. The number of benzene rings is 3. The van der Waals surface area contributed by atoms with Gasteiger partial charge in [0, 0.05) is 0 Å². The van der Waals surface area contributed by atoms with Crippen molar-refractivity contribution < 1.29 is 12.8 Å². The molecule has 0 saturated heterocycles. The molecule has 158 valence electrons. The average molecular weight is 437 g/mol. The molecule has 31 heavy (non-hydrogen) atoms. The highest BCUT2D eigenvalue weighted by atomic mass is 32.2. The number of aromatic nitrogens is 2. The van der Waals surface area contributed by atoms with Gasteiger partial charge in [0.25, 0.3) is 5.56 Å². The van der Waals surface area contributed by atoms with E-state index in [0.717, 1.165) is 0 Å². The van der Waals surface area contributed by atoms with Crippen LogP contribution in [0, 0.1) is 12.7 Å². The second-order valence-corrected chi connectivity index (χ2v) is 9.18. The molecular weight excluding hydrogens is 417 g/mol. The Morgan fingerprint density at radius 2 is 1.68 bits per heavy atom. The van der Waals surface area contributed by atoms with Crippen molar-refractivity contribution in [2.75, 3.05) is 0 Å². The van der Waals surface area contributed by atoms with Gasteiger partial charge >= 0.3 is 0 Å². The first-order chi connectivity index (χ1) is 14.7. The minimum absolute atomic E-state index is 0.0700. The van der Waals surface area contributed by atoms with E-state index in [2.05, 4.69) is 4.98 Å². The molecule has 6 nitrogen and oxygen atoms in total. The number of halogens is 1. The second-order valence-electron chi connectivity index (χ2n) is 7.30. The summed E-state index contributed by atoms with van der Waals surface area (Å²) in [6.07, 6.45) is 0.